The Bertz CT molecular complexity index is 1170. The smallest absolute Gasteiger partial charge is 0.341 e. The molecule has 0 bridgehead atoms. The molecule has 3 aromatic rings. The fraction of sp³-hybridized carbons (Fsp3) is 0.238. The fourth-order valence-corrected chi connectivity index (χ4v) is 3.64. The van der Waals surface area contributed by atoms with Crippen LogP contribution in [0.1, 0.15) is 15.9 Å². The van der Waals surface area contributed by atoms with Gasteiger partial charge in [-0.25, -0.2) is 13.6 Å². The van der Waals surface area contributed by atoms with E-state index < -0.39 is 28.6 Å². The maximum atomic E-state index is 15.6. The highest BCUT2D eigenvalue weighted by Crippen LogP contribution is 2.31. The normalized spacial score (nSPS) is 14.4. The second-order valence-electron chi connectivity index (χ2n) is 7.04. The molecule has 2 N–H and O–H groups in total. The second kappa shape index (κ2) is 7.29. The van der Waals surface area contributed by atoms with Crippen molar-refractivity contribution in [3.8, 4) is 5.69 Å². The molecule has 150 valence electrons. The third-order valence-corrected chi connectivity index (χ3v) is 5.13. The molecule has 0 amide bonds. The number of aromatic carboxylic acids is 1. The van der Waals surface area contributed by atoms with Gasteiger partial charge < -0.3 is 19.9 Å². The lowest BCUT2D eigenvalue weighted by atomic mass is 10.1. The van der Waals surface area contributed by atoms with E-state index in [1.165, 1.54) is 4.57 Å². The van der Waals surface area contributed by atoms with E-state index in [0.29, 0.717) is 31.9 Å². The van der Waals surface area contributed by atoms with Gasteiger partial charge in [-0.2, -0.15) is 0 Å². The Kier molecular flexibility index (Phi) is 4.79. The van der Waals surface area contributed by atoms with Crippen LogP contribution in [-0.4, -0.2) is 41.8 Å². The van der Waals surface area contributed by atoms with Crippen molar-refractivity contribution >= 4 is 22.6 Å². The van der Waals surface area contributed by atoms with Gasteiger partial charge >= 0.3 is 5.97 Å². The molecule has 8 heteroatoms. The van der Waals surface area contributed by atoms with Gasteiger partial charge in [0.25, 0.3) is 0 Å². The molecule has 2 heterocycles. The summed E-state index contributed by atoms with van der Waals surface area (Å²) in [5.41, 5.74) is -0.376. The van der Waals surface area contributed by atoms with E-state index in [2.05, 4.69) is 5.32 Å². The van der Waals surface area contributed by atoms with Crippen LogP contribution in [0.15, 0.2) is 41.3 Å². The predicted octanol–water partition coefficient (Wildman–Crippen LogP) is 2.69. The van der Waals surface area contributed by atoms with E-state index in [-0.39, 0.29) is 16.6 Å². The minimum atomic E-state index is -1.45. The van der Waals surface area contributed by atoms with Gasteiger partial charge in [0.2, 0.25) is 5.43 Å². The number of carboxylic acids is 1. The number of fused-ring (bicyclic) bond motifs is 1. The molecule has 1 saturated heterocycles. The number of aromatic nitrogens is 1. The molecule has 6 nitrogen and oxygen atoms in total. The fourth-order valence-electron chi connectivity index (χ4n) is 3.64. The Balaban J connectivity index is 2.08. The van der Waals surface area contributed by atoms with Crippen molar-refractivity contribution in [3.05, 3.63) is 69.5 Å². The van der Waals surface area contributed by atoms with E-state index >= 15 is 4.39 Å². The molecule has 0 aliphatic carbocycles. The first kappa shape index (κ1) is 19.1. The van der Waals surface area contributed by atoms with Gasteiger partial charge in [-0.3, -0.25) is 4.79 Å². The van der Waals surface area contributed by atoms with Gasteiger partial charge in [-0.05, 0) is 25.1 Å². The summed E-state index contributed by atoms with van der Waals surface area (Å²) in [7, 11) is 0. The summed E-state index contributed by atoms with van der Waals surface area (Å²) in [6.45, 7) is 3.89. The zero-order chi connectivity index (χ0) is 20.7. The summed E-state index contributed by atoms with van der Waals surface area (Å²) in [5.74, 6) is -3.21. The van der Waals surface area contributed by atoms with Crippen LogP contribution in [0.25, 0.3) is 16.6 Å². The Morgan fingerprint density at radius 1 is 1.14 bits per heavy atom. The molecule has 1 aliphatic heterocycles. The quantitative estimate of drug-likeness (QED) is 0.709. The maximum Gasteiger partial charge on any atom is 0.341 e. The molecular formula is C21H19F2N3O3. The molecule has 0 spiro atoms. The lowest BCUT2D eigenvalue weighted by molar-refractivity contribution is 0.0695. The molecule has 4 rings (SSSR count). The zero-order valence-electron chi connectivity index (χ0n) is 15.7. The Morgan fingerprint density at radius 2 is 1.79 bits per heavy atom. The highest BCUT2D eigenvalue weighted by molar-refractivity contribution is 5.94. The monoisotopic (exact) mass is 399 g/mol. The van der Waals surface area contributed by atoms with Gasteiger partial charge in [0.15, 0.2) is 5.82 Å². The highest BCUT2D eigenvalue weighted by Gasteiger charge is 2.26. The lowest BCUT2D eigenvalue weighted by Crippen LogP contribution is -2.44. The Labute approximate surface area is 165 Å². The molecule has 0 unspecified atom stereocenters. The van der Waals surface area contributed by atoms with Crippen molar-refractivity contribution < 1.29 is 18.7 Å². The molecular weight excluding hydrogens is 380 g/mol. The number of nitrogens with one attached hydrogen (secondary N) is 1. The SMILES string of the molecule is Cc1ccc(-n2cc(C(=O)O)c(=O)c3cc(F)c(N4CCNCC4)c(F)c32)cc1. The Morgan fingerprint density at radius 3 is 2.41 bits per heavy atom. The number of aryl methyl sites for hydroxylation is 1. The third kappa shape index (κ3) is 3.25. The number of anilines is 1. The standard InChI is InChI=1S/C21H19F2N3O3/c1-12-2-4-13(5-3-12)26-11-15(21(28)29)20(27)14-10-16(22)19(17(23)18(14)26)25-8-6-24-7-9-25/h2-5,10-11,24H,6-9H2,1H3,(H,28,29). The summed E-state index contributed by atoms with van der Waals surface area (Å²) in [4.78, 5) is 25.8. The summed E-state index contributed by atoms with van der Waals surface area (Å²) >= 11 is 0. The number of hydrogen-bond acceptors (Lipinski definition) is 4. The van der Waals surface area contributed by atoms with Crippen molar-refractivity contribution in [2.24, 2.45) is 0 Å². The molecule has 2 aromatic carbocycles. The molecule has 1 aliphatic rings. The van der Waals surface area contributed by atoms with E-state index in [4.69, 9.17) is 0 Å². The van der Waals surface area contributed by atoms with Gasteiger partial charge in [0, 0.05) is 38.1 Å². The van der Waals surface area contributed by atoms with Crippen LogP contribution in [0.5, 0.6) is 0 Å². The number of benzene rings is 2. The summed E-state index contributed by atoms with van der Waals surface area (Å²) < 4.78 is 31.8. The van der Waals surface area contributed by atoms with Crippen molar-refractivity contribution in [3.63, 3.8) is 0 Å². The van der Waals surface area contributed by atoms with Crippen LogP contribution in [0.3, 0.4) is 0 Å². The minimum absolute atomic E-state index is 0.140. The number of hydrogen-bond donors (Lipinski definition) is 2. The topological polar surface area (TPSA) is 74.6 Å². The third-order valence-electron chi connectivity index (χ3n) is 5.13. The van der Waals surface area contributed by atoms with Crippen LogP contribution in [0.4, 0.5) is 14.5 Å². The number of pyridine rings is 1. The first-order valence-corrected chi connectivity index (χ1v) is 9.22. The van der Waals surface area contributed by atoms with Gasteiger partial charge in [-0.1, -0.05) is 17.7 Å². The average molecular weight is 399 g/mol. The summed E-state index contributed by atoms with van der Waals surface area (Å²) in [6, 6.07) is 7.91. The average Bonchev–Trinajstić information content (AvgIpc) is 2.70. The molecule has 29 heavy (non-hydrogen) atoms. The highest BCUT2D eigenvalue weighted by atomic mass is 19.1. The number of halogens is 2. The first-order chi connectivity index (χ1) is 13.9. The zero-order valence-corrected chi connectivity index (χ0v) is 15.7. The van der Waals surface area contributed by atoms with Crippen molar-refractivity contribution in [1.29, 1.82) is 0 Å². The van der Waals surface area contributed by atoms with Crippen LogP contribution >= 0.6 is 0 Å². The van der Waals surface area contributed by atoms with Gasteiger partial charge in [0.05, 0.1) is 10.9 Å². The van der Waals surface area contributed by atoms with Crippen molar-refractivity contribution in [2.75, 3.05) is 31.1 Å². The Hall–Kier alpha value is -3.26. The van der Waals surface area contributed by atoms with Crippen molar-refractivity contribution in [2.45, 2.75) is 6.92 Å². The van der Waals surface area contributed by atoms with Gasteiger partial charge in [0.1, 0.15) is 17.1 Å². The molecule has 1 fully saturated rings. The number of rotatable bonds is 3. The maximum absolute atomic E-state index is 15.6. The number of carbonyl (C=O) groups is 1. The second-order valence-corrected chi connectivity index (χ2v) is 7.04. The van der Waals surface area contributed by atoms with Crippen LogP contribution in [0.2, 0.25) is 0 Å². The summed E-state index contributed by atoms with van der Waals surface area (Å²) in [5, 5.41) is 12.2. The number of carboxylic acid groups (broad SMARTS) is 1. The van der Waals surface area contributed by atoms with E-state index in [1.807, 2.05) is 6.92 Å². The number of nitrogens with zero attached hydrogens (tertiary/aromatic N) is 2. The van der Waals surface area contributed by atoms with Crippen LogP contribution in [-0.2, 0) is 0 Å². The van der Waals surface area contributed by atoms with Gasteiger partial charge in [-0.15, -0.1) is 0 Å². The molecule has 0 saturated carbocycles. The van der Waals surface area contributed by atoms with Crippen LogP contribution < -0.4 is 15.6 Å². The van der Waals surface area contributed by atoms with E-state index in [0.717, 1.165) is 17.8 Å². The molecule has 1 aromatic heterocycles. The summed E-state index contributed by atoms with van der Waals surface area (Å²) in [6.07, 6.45) is 1.10. The minimum Gasteiger partial charge on any atom is -0.477 e. The number of piperazine rings is 1. The van der Waals surface area contributed by atoms with Crippen molar-refractivity contribution in [1.82, 2.24) is 9.88 Å². The molecule has 0 radical (unpaired) electrons. The van der Waals surface area contributed by atoms with E-state index in [9.17, 15) is 19.1 Å². The molecule has 0 atom stereocenters. The van der Waals surface area contributed by atoms with Crippen LogP contribution in [0, 0.1) is 18.6 Å². The lowest BCUT2D eigenvalue weighted by Gasteiger charge is -2.30. The van der Waals surface area contributed by atoms with E-state index in [1.54, 1.807) is 29.2 Å². The largest absolute Gasteiger partial charge is 0.477 e. The first-order valence-electron chi connectivity index (χ1n) is 9.22. The predicted molar refractivity (Wildman–Crippen MR) is 106 cm³/mol.